The molecule has 0 bridgehead atoms. The monoisotopic (exact) mass is 321 g/mol. The Morgan fingerprint density at radius 1 is 0.833 bits per heavy atom. The lowest BCUT2D eigenvalue weighted by Gasteiger charge is -2.22. The van der Waals surface area contributed by atoms with E-state index in [9.17, 15) is 9.59 Å². The van der Waals surface area contributed by atoms with Gasteiger partial charge in [-0.15, -0.1) is 0 Å². The van der Waals surface area contributed by atoms with E-state index in [0.29, 0.717) is 22.7 Å². The van der Waals surface area contributed by atoms with Crippen LogP contribution in [-0.2, 0) is 0 Å². The highest BCUT2D eigenvalue weighted by molar-refractivity contribution is 6.04. The average Bonchev–Trinajstić information content (AvgIpc) is 2.63. The zero-order valence-corrected chi connectivity index (χ0v) is 14.0. The summed E-state index contributed by atoms with van der Waals surface area (Å²) >= 11 is 0. The molecule has 1 N–H and O–H groups in total. The third-order valence-electron chi connectivity index (χ3n) is 4.80. The minimum absolute atomic E-state index is 0.0196. The molecule has 1 aliphatic rings. The Hall–Kier alpha value is -2.42. The normalized spacial score (nSPS) is 15.0. The number of amides is 1. The van der Waals surface area contributed by atoms with E-state index >= 15 is 0 Å². The van der Waals surface area contributed by atoms with E-state index in [-0.39, 0.29) is 11.7 Å². The summed E-state index contributed by atoms with van der Waals surface area (Å²) in [6, 6.07) is 14.9. The zero-order chi connectivity index (χ0) is 16.9. The first kappa shape index (κ1) is 16.4. The Morgan fingerprint density at radius 2 is 1.42 bits per heavy atom. The fraction of sp³-hybridized carbons (Fsp3) is 0.333. The van der Waals surface area contributed by atoms with E-state index in [4.69, 9.17) is 0 Å². The van der Waals surface area contributed by atoms with Gasteiger partial charge in [0.25, 0.3) is 5.91 Å². The van der Waals surface area contributed by atoms with Crippen molar-refractivity contribution in [2.45, 2.75) is 44.9 Å². The molecule has 1 fully saturated rings. The molecular formula is C21H23NO2. The van der Waals surface area contributed by atoms with Crippen LogP contribution in [0.5, 0.6) is 0 Å². The van der Waals surface area contributed by atoms with Gasteiger partial charge in [-0.05, 0) is 67.6 Å². The molecule has 3 heteroatoms. The number of anilines is 1. The second-order valence-electron chi connectivity index (χ2n) is 6.54. The first-order chi connectivity index (χ1) is 11.6. The molecule has 0 atom stereocenters. The predicted molar refractivity (Wildman–Crippen MR) is 96.7 cm³/mol. The molecule has 2 aromatic carbocycles. The van der Waals surface area contributed by atoms with Gasteiger partial charge in [-0.25, -0.2) is 0 Å². The summed E-state index contributed by atoms with van der Waals surface area (Å²) in [5, 5.41) is 2.87. The molecule has 0 unspecified atom stereocenters. The molecule has 0 heterocycles. The Balaban J connectivity index is 1.65. The number of hydrogen-bond donors (Lipinski definition) is 1. The van der Waals surface area contributed by atoms with Crippen LogP contribution >= 0.6 is 0 Å². The van der Waals surface area contributed by atoms with Crippen LogP contribution in [0.15, 0.2) is 48.5 Å². The molecule has 3 rings (SSSR count). The number of carbonyl (C=O) groups is 2. The molecule has 0 saturated heterocycles. The molecule has 3 nitrogen and oxygen atoms in total. The summed E-state index contributed by atoms with van der Waals surface area (Å²) in [5.74, 6) is 0.543. The fourth-order valence-corrected chi connectivity index (χ4v) is 3.33. The van der Waals surface area contributed by atoms with Crippen molar-refractivity contribution < 1.29 is 9.59 Å². The lowest BCUT2D eigenvalue weighted by atomic mass is 9.84. The minimum Gasteiger partial charge on any atom is -0.322 e. The van der Waals surface area contributed by atoms with Gasteiger partial charge in [0, 0.05) is 16.8 Å². The second-order valence-corrected chi connectivity index (χ2v) is 6.54. The maximum absolute atomic E-state index is 12.3. The minimum atomic E-state index is -0.124. The van der Waals surface area contributed by atoms with Crippen molar-refractivity contribution in [3.63, 3.8) is 0 Å². The van der Waals surface area contributed by atoms with E-state index in [1.54, 1.807) is 24.3 Å². The number of benzene rings is 2. The number of Topliss-reactive ketones (excluding diaryl/α,β-unsaturated/α-hetero) is 1. The number of ketones is 1. The van der Waals surface area contributed by atoms with Crippen LogP contribution in [0.3, 0.4) is 0 Å². The molecule has 0 aromatic heterocycles. The molecule has 124 valence electrons. The van der Waals surface area contributed by atoms with E-state index < -0.39 is 0 Å². The molecule has 2 aromatic rings. The van der Waals surface area contributed by atoms with Crippen molar-refractivity contribution in [1.29, 1.82) is 0 Å². The molecule has 0 aliphatic heterocycles. The predicted octanol–water partition coefficient (Wildman–Crippen LogP) is 5.19. The maximum Gasteiger partial charge on any atom is 0.255 e. The quantitative estimate of drug-likeness (QED) is 0.788. The fourth-order valence-electron chi connectivity index (χ4n) is 3.33. The van der Waals surface area contributed by atoms with Crippen molar-refractivity contribution in [3.8, 4) is 0 Å². The highest BCUT2D eigenvalue weighted by Crippen LogP contribution is 2.32. The first-order valence-electron chi connectivity index (χ1n) is 8.66. The smallest absolute Gasteiger partial charge is 0.255 e. The Morgan fingerprint density at radius 3 is 2.00 bits per heavy atom. The van der Waals surface area contributed by atoms with Gasteiger partial charge in [0.1, 0.15) is 0 Å². The van der Waals surface area contributed by atoms with Crippen LogP contribution in [0, 0.1) is 0 Å². The average molecular weight is 321 g/mol. The highest BCUT2D eigenvalue weighted by atomic mass is 16.1. The van der Waals surface area contributed by atoms with E-state index in [0.717, 1.165) is 0 Å². The van der Waals surface area contributed by atoms with Gasteiger partial charge in [0.15, 0.2) is 5.78 Å². The standard InChI is InChI=1S/C21H23NO2/c1-15(23)16-11-13-20(14-12-16)22-21(24)19-9-7-18(8-10-19)17-5-3-2-4-6-17/h7-14,17H,2-6H2,1H3,(H,22,24). The molecule has 24 heavy (non-hydrogen) atoms. The summed E-state index contributed by atoms with van der Waals surface area (Å²) in [4.78, 5) is 23.6. The summed E-state index contributed by atoms with van der Waals surface area (Å²) in [5.41, 5.74) is 3.34. The second kappa shape index (κ2) is 7.43. The zero-order valence-electron chi connectivity index (χ0n) is 14.0. The largest absolute Gasteiger partial charge is 0.322 e. The number of nitrogens with one attached hydrogen (secondary N) is 1. The highest BCUT2D eigenvalue weighted by Gasteiger charge is 2.16. The van der Waals surface area contributed by atoms with Gasteiger partial charge >= 0.3 is 0 Å². The summed E-state index contributed by atoms with van der Waals surface area (Å²) < 4.78 is 0. The van der Waals surface area contributed by atoms with Crippen LogP contribution in [0.25, 0.3) is 0 Å². The van der Waals surface area contributed by atoms with Gasteiger partial charge in [0.2, 0.25) is 0 Å². The van der Waals surface area contributed by atoms with Gasteiger partial charge in [-0.3, -0.25) is 9.59 Å². The molecule has 1 aliphatic carbocycles. The van der Waals surface area contributed by atoms with Crippen molar-refractivity contribution in [2.75, 3.05) is 5.32 Å². The third kappa shape index (κ3) is 3.91. The maximum atomic E-state index is 12.3. The van der Waals surface area contributed by atoms with Gasteiger partial charge in [-0.2, -0.15) is 0 Å². The SMILES string of the molecule is CC(=O)c1ccc(NC(=O)c2ccc(C3CCCCC3)cc2)cc1. The number of carbonyl (C=O) groups excluding carboxylic acids is 2. The molecule has 0 radical (unpaired) electrons. The van der Waals surface area contributed by atoms with Crippen LogP contribution in [0.4, 0.5) is 5.69 Å². The lowest BCUT2D eigenvalue weighted by Crippen LogP contribution is -2.12. The number of hydrogen-bond acceptors (Lipinski definition) is 2. The van der Waals surface area contributed by atoms with Gasteiger partial charge in [-0.1, -0.05) is 31.4 Å². The lowest BCUT2D eigenvalue weighted by molar-refractivity contribution is 0.101. The molecule has 1 amide bonds. The Labute approximate surface area is 143 Å². The Kier molecular flexibility index (Phi) is 5.09. The number of rotatable bonds is 4. The van der Waals surface area contributed by atoms with Crippen LogP contribution in [-0.4, -0.2) is 11.7 Å². The molecular weight excluding hydrogens is 298 g/mol. The van der Waals surface area contributed by atoms with E-state index in [2.05, 4.69) is 17.4 Å². The molecule has 1 saturated carbocycles. The van der Waals surface area contributed by atoms with Gasteiger partial charge < -0.3 is 5.32 Å². The first-order valence-corrected chi connectivity index (χ1v) is 8.66. The van der Waals surface area contributed by atoms with Crippen molar-refractivity contribution >= 4 is 17.4 Å². The van der Waals surface area contributed by atoms with Crippen molar-refractivity contribution in [3.05, 3.63) is 65.2 Å². The van der Waals surface area contributed by atoms with Gasteiger partial charge in [0.05, 0.1) is 0 Å². The third-order valence-corrected chi connectivity index (χ3v) is 4.80. The summed E-state index contributed by atoms with van der Waals surface area (Å²) in [7, 11) is 0. The van der Waals surface area contributed by atoms with Crippen LogP contribution in [0.2, 0.25) is 0 Å². The van der Waals surface area contributed by atoms with Crippen molar-refractivity contribution in [2.24, 2.45) is 0 Å². The summed E-state index contributed by atoms with van der Waals surface area (Å²) in [6.07, 6.45) is 6.48. The van der Waals surface area contributed by atoms with E-state index in [1.165, 1.54) is 44.6 Å². The van der Waals surface area contributed by atoms with Crippen LogP contribution in [0.1, 0.15) is 71.2 Å². The molecule has 0 spiro atoms. The van der Waals surface area contributed by atoms with Crippen molar-refractivity contribution in [1.82, 2.24) is 0 Å². The topological polar surface area (TPSA) is 46.2 Å². The van der Waals surface area contributed by atoms with Crippen LogP contribution < -0.4 is 5.32 Å². The van der Waals surface area contributed by atoms with E-state index in [1.807, 2.05) is 12.1 Å². The summed E-state index contributed by atoms with van der Waals surface area (Å²) in [6.45, 7) is 1.53. The Bertz CT molecular complexity index is 711.